The van der Waals surface area contributed by atoms with Crippen LogP contribution in [0.2, 0.25) is 6.04 Å². The van der Waals surface area contributed by atoms with Gasteiger partial charge >= 0.3 is 8.80 Å². The molecule has 0 atom stereocenters. The monoisotopic (exact) mass is 234 g/mol. The van der Waals surface area contributed by atoms with Gasteiger partial charge in [-0.3, -0.25) is 0 Å². The van der Waals surface area contributed by atoms with Crippen molar-refractivity contribution >= 4 is 8.80 Å². The molecule has 0 spiro atoms. The molecule has 0 saturated heterocycles. The summed E-state index contributed by atoms with van der Waals surface area (Å²) in [5.74, 6) is -1.32. The van der Waals surface area contributed by atoms with Crippen LogP contribution in [0.1, 0.15) is 12.0 Å². The van der Waals surface area contributed by atoms with Crippen LogP contribution >= 0.6 is 0 Å². The van der Waals surface area contributed by atoms with Crippen molar-refractivity contribution in [1.29, 1.82) is 0 Å². The molecule has 0 heterocycles. The second kappa shape index (κ2) is 4.80. The molecule has 0 unspecified atom stereocenters. The Morgan fingerprint density at radius 1 is 1.00 bits per heavy atom. The van der Waals surface area contributed by atoms with E-state index in [9.17, 15) is 8.78 Å². The van der Waals surface area contributed by atoms with Crippen molar-refractivity contribution in [3.8, 4) is 0 Å². The Bertz CT molecular complexity index is 318. The summed E-state index contributed by atoms with van der Waals surface area (Å²) in [6.07, 6.45) is 0.573. The Kier molecular flexibility index (Phi) is 3.92. The smallest absolute Gasteiger partial charge is 0.390 e. The predicted octanol–water partition coefficient (Wildman–Crippen LogP) is 0.813. The lowest BCUT2D eigenvalue weighted by atomic mass is 10.1. The Morgan fingerprint density at radius 3 is 2.00 bits per heavy atom. The molecule has 0 radical (unpaired) electrons. The van der Waals surface area contributed by atoms with E-state index in [2.05, 4.69) is 0 Å². The van der Waals surface area contributed by atoms with Gasteiger partial charge in [0.15, 0.2) is 0 Å². The predicted molar refractivity (Wildman–Crippen MR) is 51.9 cm³/mol. The molecule has 0 aliphatic carbocycles. The fourth-order valence-corrected chi connectivity index (χ4v) is 1.94. The molecular formula is C9H12F2O3Si. The van der Waals surface area contributed by atoms with Crippen LogP contribution in [0.25, 0.3) is 0 Å². The first-order valence-electron chi connectivity index (χ1n) is 4.49. The summed E-state index contributed by atoms with van der Waals surface area (Å²) < 4.78 is 25.4. The molecule has 0 bridgehead atoms. The molecule has 0 fully saturated rings. The number of aryl methyl sites for hydroxylation is 1. The van der Waals surface area contributed by atoms with E-state index in [1.807, 2.05) is 0 Å². The molecule has 0 amide bonds. The number of benzene rings is 1. The zero-order chi connectivity index (χ0) is 11.5. The minimum Gasteiger partial charge on any atom is -0.390 e. The van der Waals surface area contributed by atoms with Crippen LogP contribution in [0, 0.1) is 11.6 Å². The third kappa shape index (κ3) is 4.98. The maximum atomic E-state index is 12.7. The lowest BCUT2D eigenvalue weighted by Gasteiger charge is -2.08. The summed E-state index contributed by atoms with van der Waals surface area (Å²) in [6, 6.07) is 2.99. The minimum atomic E-state index is -4.03. The van der Waals surface area contributed by atoms with Crippen LogP contribution in [0.4, 0.5) is 8.78 Å². The Morgan fingerprint density at radius 2 is 1.53 bits per heavy atom. The van der Waals surface area contributed by atoms with E-state index in [0.29, 0.717) is 12.0 Å². The number of rotatable bonds is 4. The molecule has 0 aromatic heterocycles. The lowest BCUT2D eigenvalue weighted by Crippen LogP contribution is -2.34. The van der Waals surface area contributed by atoms with E-state index < -0.39 is 20.4 Å². The summed E-state index contributed by atoms with van der Waals surface area (Å²) in [5.41, 5.74) is 0.436. The van der Waals surface area contributed by atoms with Crippen LogP contribution in [-0.4, -0.2) is 23.2 Å². The van der Waals surface area contributed by atoms with Crippen LogP contribution in [0.15, 0.2) is 18.2 Å². The molecule has 0 aliphatic rings. The SMILES string of the molecule is O[Si](O)(O)CCCc1cc(F)cc(F)c1. The summed E-state index contributed by atoms with van der Waals surface area (Å²) in [4.78, 5) is 26.1. The summed E-state index contributed by atoms with van der Waals surface area (Å²) in [7, 11) is -4.03. The highest BCUT2D eigenvalue weighted by Crippen LogP contribution is 2.12. The average Bonchev–Trinajstić information content (AvgIpc) is 1.99. The van der Waals surface area contributed by atoms with Crippen molar-refractivity contribution in [1.82, 2.24) is 0 Å². The second-order valence-corrected chi connectivity index (χ2v) is 5.45. The molecule has 6 heteroatoms. The van der Waals surface area contributed by atoms with E-state index in [4.69, 9.17) is 14.4 Å². The molecule has 0 saturated carbocycles. The molecule has 1 aromatic carbocycles. The first kappa shape index (κ1) is 12.2. The highest BCUT2D eigenvalue weighted by atomic mass is 28.4. The highest BCUT2D eigenvalue weighted by molar-refractivity contribution is 6.56. The van der Waals surface area contributed by atoms with Crippen LogP contribution in [-0.2, 0) is 6.42 Å². The average molecular weight is 234 g/mol. The lowest BCUT2D eigenvalue weighted by molar-refractivity contribution is 0.226. The Hall–Kier alpha value is -0.823. The maximum Gasteiger partial charge on any atom is 0.492 e. The van der Waals surface area contributed by atoms with Crippen molar-refractivity contribution in [2.24, 2.45) is 0 Å². The van der Waals surface area contributed by atoms with Crippen molar-refractivity contribution in [2.75, 3.05) is 0 Å². The standard InChI is InChI=1S/C9H12F2O3Si/c10-8-4-7(5-9(11)6-8)2-1-3-15(12,13)14/h4-6,12-14H,1-3H2. The molecule has 3 nitrogen and oxygen atoms in total. The molecule has 84 valence electrons. The Labute approximate surface area is 87.0 Å². The van der Waals surface area contributed by atoms with Gasteiger partial charge in [-0.2, -0.15) is 0 Å². The van der Waals surface area contributed by atoms with Gasteiger partial charge in [0.2, 0.25) is 0 Å². The van der Waals surface area contributed by atoms with Gasteiger partial charge in [-0.1, -0.05) is 0 Å². The molecule has 1 aromatic rings. The number of hydrogen-bond acceptors (Lipinski definition) is 3. The molecular weight excluding hydrogens is 222 g/mol. The second-order valence-electron chi connectivity index (χ2n) is 3.41. The van der Waals surface area contributed by atoms with Gasteiger partial charge in [-0.05, 0) is 30.5 Å². The van der Waals surface area contributed by atoms with Gasteiger partial charge < -0.3 is 14.4 Å². The van der Waals surface area contributed by atoms with Gasteiger partial charge in [0.1, 0.15) is 11.6 Å². The first-order chi connectivity index (χ1) is 6.87. The first-order valence-corrected chi connectivity index (χ1v) is 6.54. The topological polar surface area (TPSA) is 60.7 Å². The van der Waals surface area contributed by atoms with E-state index in [0.717, 1.165) is 6.07 Å². The summed E-state index contributed by atoms with van der Waals surface area (Å²) in [6.45, 7) is 0. The largest absolute Gasteiger partial charge is 0.492 e. The van der Waals surface area contributed by atoms with Gasteiger partial charge in [-0.25, -0.2) is 8.78 Å². The van der Waals surface area contributed by atoms with Crippen molar-refractivity contribution in [3.05, 3.63) is 35.4 Å². The fourth-order valence-electron chi connectivity index (χ4n) is 1.28. The van der Waals surface area contributed by atoms with Crippen molar-refractivity contribution in [2.45, 2.75) is 18.9 Å². The molecule has 15 heavy (non-hydrogen) atoms. The summed E-state index contributed by atoms with van der Waals surface area (Å²) >= 11 is 0. The van der Waals surface area contributed by atoms with Crippen LogP contribution < -0.4 is 0 Å². The molecule has 0 aliphatic heterocycles. The zero-order valence-electron chi connectivity index (χ0n) is 7.95. The summed E-state index contributed by atoms with van der Waals surface area (Å²) in [5, 5.41) is 0. The minimum absolute atomic E-state index is 0.134. The quantitative estimate of drug-likeness (QED) is 0.676. The van der Waals surface area contributed by atoms with E-state index in [1.165, 1.54) is 12.1 Å². The normalized spacial score (nSPS) is 11.8. The Balaban J connectivity index is 2.51. The number of halogens is 2. The van der Waals surface area contributed by atoms with E-state index in [-0.39, 0.29) is 12.5 Å². The third-order valence-electron chi connectivity index (χ3n) is 1.90. The van der Waals surface area contributed by atoms with Gasteiger partial charge in [0.05, 0.1) is 0 Å². The molecule has 3 N–H and O–H groups in total. The van der Waals surface area contributed by atoms with Gasteiger partial charge in [0, 0.05) is 12.1 Å². The van der Waals surface area contributed by atoms with Crippen LogP contribution in [0.3, 0.4) is 0 Å². The number of hydrogen-bond donors (Lipinski definition) is 3. The highest BCUT2D eigenvalue weighted by Gasteiger charge is 2.25. The van der Waals surface area contributed by atoms with E-state index >= 15 is 0 Å². The van der Waals surface area contributed by atoms with Gasteiger partial charge in [-0.15, -0.1) is 0 Å². The van der Waals surface area contributed by atoms with Crippen molar-refractivity contribution in [3.63, 3.8) is 0 Å². The maximum absolute atomic E-state index is 12.7. The van der Waals surface area contributed by atoms with Gasteiger partial charge in [0.25, 0.3) is 0 Å². The van der Waals surface area contributed by atoms with E-state index in [1.54, 1.807) is 0 Å². The zero-order valence-corrected chi connectivity index (χ0v) is 8.95. The molecule has 1 rings (SSSR count). The van der Waals surface area contributed by atoms with Crippen molar-refractivity contribution < 1.29 is 23.2 Å². The third-order valence-corrected chi connectivity index (χ3v) is 2.92. The van der Waals surface area contributed by atoms with Crippen LogP contribution in [0.5, 0.6) is 0 Å². The fraction of sp³-hybridized carbons (Fsp3) is 0.333.